The summed E-state index contributed by atoms with van der Waals surface area (Å²) in [6.45, 7) is 0. The molecule has 0 radical (unpaired) electrons. The Morgan fingerprint density at radius 1 is 0.277 bits per heavy atom. The topological polar surface area (TPSA) is 0 Å². The second-order valence-electron chi connectivity index (χ2n) is 12.2. The number of hydrogen-bond acceptors (Lipinski definition) is 0. The highest BCUT2D eigenvalue weighted by atomic mass is 79.9. The van der Waals surface area contributed by atoms with Gasteiger partial charge in [0, 0.05) is 4.47 Å². The molecule has 1 aliphatic carbocycles. The molecule has 0 heterocycles. The van der Waals surface area contributed by atoms with Gasteiger partial charge in [0.05, 0.1) is 0 Å². The summed E-state index contributed by atoms with van der Waals surface area (Å²) in [4.78, 5) is 0. The number of benzene rings is 8. The summed E-state index contributed by atoms with van der Waals surface area (Å²) in [5, 5.41) is 2.61. The first-order valence-corrected chi connectivity index (χ1v) is 16.8. The lowest BCUT2D eigenvalue weighted by molar-refractivity contribution is 1.55. The molecule has 1 aliphatic rings. The largest absolute Gasteiger partial charge is 0.0622 e. The van der Waals surface area contributed by atoms with E-state index in [4.69, 9.17) is 0 Å². The fraction of sp³-hybridized carbons (Fsp3) is 0. The highest BCUT2D eigenvalue weighted by Gasteiger charge is 2.30. The third-order valence-electron chi connectivity index (χ3n) is 9.51. The van der Waals surface area contributed by atoms with Crippen LogP contribution in [-0.4, -0.2) is 0 Å². The zero-order valence-electron chi connectivity index (χ0n) is 25.6. The van der Waals surface area contributed by atoms with Gasteiger partial charge >= 0.3 is 0 Å². The van der Waals surface area contributed by atoms with E-state index in [0.29, 0.717) is 0 Å². The van der Waals surface area contributed by atoms with Crippen LogP contribution in [0.2, 0.25) is 0 Å². The van der Waals surface area contributed by atoms with Gasteiger partial charge in [-0.25, -0.2) is 0 Å². The first-order valence-electron chi connectivity index (χ1n) is 16.0. The van der Waals surface area contributed by atoms with Crippen LogP contribution in [0, 0.1) is 0 Å². The lowest BCUT2D eigenvalue weighted by atomic mass is 9.82. The van der Waals surface area contributed by atoms with E-state index in [-0.39, 0.29) is 0 Å². The number of rotatable bonds is 5. The summed E-state index contributed by atoms with van der Waals surface area (Å²) in [6, 6.07) is 64.2. The van der Waals surface area contributed by atoms with Crippen LogP contribution < -0.4 is 0 Å². The molecule has 8 aromatic carbocycles. The van der Waals surface area contributed by atoms with Crippen LogP contribution in [0.15, 0.2) is 180 Å². The minimum atomic E-state index is 1.07. The van der Waals surface area contributed by atoms with Gasteiger partial charge in [-0.05, 0) is 107 Å². The summed E-state index contributed by atoms with van der Waals surface area (Å²) >= 11 is 3.68. The molecular formula is C46H29Br. The summed E-state index contributed by atoms with van der Waals surface area (Å²) in [5.74, 6) is 0. The fourth-order valence-electron chi connectivity index (χ4n) is 7.31. The summed E-state index contributed by atoms with van der Waals surface area (Å²) in [6.07, 6.45) is 0. The van der Waals surface area contributed by atoms with Crippen molar-refractivity contribution in [3.63, 3.8) is 0 Å². The molecule has 8 aromatic rings. The first-order chi connectivity index (χ1) is 23.2. The highest BCUT2D eigenvalue weighted by molar-refractivity contribution is 9.10. The average molecular weight is 662 g/mol. The standard InChI is InChI=1S/C46H29Br/c47-38-27-25-35(26-28-38)41-29-42(34-21-17-32(18-22-34)30-9-3-1-4-10-30)45-39-15-7-13-36-14-8-16-40(43(36)39)46(45)44(41)37-23-19-33(20-24-37)31-11-5-2-6-12-31/h1-29H. The Balaban J connectivity index is 1.34. The number of halogens is 1. The Hall–Kier alpha value is -5.50. The van der Waals surface area contributed by atoms with E-state index in [2.05, 4.69) is 192 Å². The predicted molar refractivity (Wildman–Crippen MR) is 203 cm³/mol. The molecule has 1 heteroatoms. The van der Waals surface area contributed by atoms with Crippen molar-refractivity contribution < 1.29 is 0 Å². The van der Waals surface area contributed by atoms with Gasteiger partial charge in [-0.3, -0.25) is 0 Å². The van der Waals surface area contributed by atoms with E-state index in [1.807, 2.05) is 0 Å². The maximum Gasteiger partial charge on any atom is 0.0175 e. The molecule has 0 nitrogen and oxygen atoms in total. The van der Waals surface area contributed by atoms with E-state index in [0.717, 1.165) is 4.47 Å². The second-order valence-corrected chi connectivity index (χ2v) is 13.1. The second kappa shape index (κ2) is 11.4. The van der Waals surface area contributed by atoms with Gasteiger partial charge in [0.15, 0.2) is 0 Å². The van der Waals surface area contributed by atoms with Crippen molar-refractivity contribution in [2.45, 2.75) is 0 Å². The van der Waals surface area contributed by atoms with Gasteiger partial charge in [-0.2, -0.15) is 0 Å². The van der Waals surface area contributed by atoms with Crippen molar-refractivity contribution in [1.82, 2.24) is 0 Å². The van der Waals surface area contributed by atoms with Gasteiger partial charge in [0.2, 0.25) is 0 Å². The van der Waals surface area contributed by atoms with Crippen LogP contribution in [0.25, 0.3) is 88.7 Å². The van der Waals surface area contributed by atoms with Crippen LogP contribution in [-0.2, 0) is 0 Å². The zero-order chi connectivity index (χ0) is 31.3. The van der Waals surface area contributed by atoms with Crippen molar-refractivity contribution >= 4 is 26.7 Å². The molecule has 0 unspecified atom stereocenters. The van der Waals surface area contributed by atoms with Gasteiger partial charge in [-0.15, -0.1) is 0 Å². The molecule has 0 aliphatic heterocycles. The monoisotopic (exact) mass is 660 g/mol. The normalized spacial score (nSPS) is 11.5. The van der Waals surface area contributed by atoms with Gasteiger partial charge in [0.1, 0.15) is 0 Å². The first kappa shape index (κ1) is 27.8. The molecule has 0 fully saturated rings. The van der Waals surface area contributed by atoms with E-state index in [1.54, 1.807) is 0 Å². The van der Waals surface area contributed by atoms with E-state index in [1.165, 1.54) is 88.7 Å². The summed E-state index contributed by atoms with van der Waals surface area (Å²) in [7, 11) is 0. The molecule has 0 saturated carbocycles. The molecular weight excluding hydrogens is 632 g/mol. The number of hydrogen-bond donors (Lipinski definition) is 0. The molecule has 220 valence electrons. The third kappa shape index (κ3) is 4.74. The zero-order valence-corrected chi connectivity index (χ0v) is 27.2. The Morgan fingerprint density at radius 3 is 1.26 bits per heavy atom. The smallest absolute Gasteiger partial charge is 0.0175 e. The van der Waals surface area contributed by atoms with Crippen molar-refractivity contribution in [3.05, 3.63) is 180 Å². The lowest BCUT2D eigenvalue weighted by Gasteiger charge is -2.21. The maximum absolute atomic E-state index is 3.68. The Morgan fingerprint density at radius 2 is 0.702 bits per heavy atom. The van der Waals surface area contributed by atoms with Gasteiger partial charge < -0.3 is 0 Å². The van der Waals surface area contributed by atoms with Crippen LogP contribution in [0.5, 0.6) is 0 Å². The van der Waals surface area contributed by atoms with Gasteiger partial charge in [-0.1, -0.05) is 174 Å². The van der Waals surface area contributed by atoms with Crippen LogP contribution in [0.4, 0.5) is 0 Å². The minimum absolute atomic E-state index is 1.07. The fourth-order valence-corrected chi connectivity index (χ4v) is 7.57. The summed E-state index contributed by atoms with van der Waals surface area (Å²) in [5.41, 5.74) is 17.5. The minimum Gasteiger partial charge on any atom is -0.0622 e. The van der Waals surface area contributed by atoms with E-state index in [9.17, 15) is 0 Å². The quantitative estimate of drug-likeness (QED) is 0.172. The van der Waals surface area contributed by atoms with Crippen molar-refractivity contribution in [3.8, 4) is 77.9 Å². The third-order valence-corrected chi connectivity index (χ3v) is 10.0. The predicted octanol–water partition coefficient (Wildman–Crippen LogP) is 13.6. The molecule has 0 N–H and O–H groups in total. The Bertz CT molecular complexity index is 2400. The Labute approximate surface area is 283 Å². The molecule has 0 aromatic heterocycles. The molecule has 0 amide bonds. The van der Waals surface area contributed by atoms with Gasteiger partial charge in [0.25, 0.3) is 0 Å². The van der Waals surface area contributed by atoms with Crippen LogP contribution in [0.3, 0.4) is 0 Å². The molecule has 47 heavy (non-hydrogen) atoms. The number of fused-ring (bicyclic) bond motifs is 3. The van der Waals surface area contributed by atoms with Crippen molar-refractivity contribution in [2.24, 2.45) is 0 Å². The van der Waals surface area contributed by atoms with Crippen molar-refractivity contribution in [2.75, 3.05) is 0 Å². The lowest BCUT2D eigenvalue weighted by Crippen LogP contribution is -1.95. The molecule has 0 bridgehead atoms. The summed E-state index contributed by atoms with van der Waals surface area (Å²) < 4.78 is 1.07. The van der Waals surface area contributed by atoms with Crippen LogP contribution in [0.1, 0.15) is 0 Å². The highest BCUT2D eigenvalue weighted by Crippen LogP contribution is 2.57. The van der Waals surface area contributed by atoms with Crippen molar-refractivity contribution in [1.29, 1.82) is 0 Å². The molecule has 0 saturated heterocycles. The van der Waals surface area contributed by atoms with E-state index >= 15 is 0 Å². The molecule has 0 spiro atoms. The van der Waals surface area contributed by atoms with E-state index < -0.39 is 0 Å². The molecule has 9 rings (SSSR count). The van der Waals surface area contributed by atoms with Crippen LogP contribution >= 0.6 is 15.9 Å². The maximum atomic E-state index is 3.68. The molecule has 0 atom stereocenters. The SMILES string of the molecule is Brc1ccc(-c2cc(-c3ccc(-c4ccccc4)cc3)c3c(c2-c2ccc(-c4ccccc4)cc2)-c2cccc4cccc-3c24)cc1. The average Bonchev–Trinajstić information content (AvgIpc) is 3.48. The Kier molecular flexibility index (Phi) is 6.73.